The van der Waals surface area contributed by atoms with Crippen molar-refractivity contribution in [3.8, 4) is 0 Å². The fourth-order valence-corrected chi connectivity index (χ4v) is 1.40. The minimum absolute atomic E-state index is 0.290. The number of carbonyl (C=O) groups is 1. The first-order valence-corrected chi connectivity index (χ1v) is 5.66. The third-order valence-corrected chi connectivity index (χ3v) is 2.38. The molecule has 2 aromatic heterocycles. The smallest absolute Gasteiger partial charge is 0.286 e. The van der Waals surface area contributed by atoms with E-state index in [1.165, 1.54) is 0 Å². The van der Waals surface area contributed by atoms with Gasteiger partial charge in [0.1, 0.15) is 11.5 Å². The zero-order chi connectivity index (χ0) is 12.8. The number of hydrogen-bond donors (Lipinski definition) is 4. The fourth-order valence-electron chi connectivity index (χ4n) is 1.28. The number of hydrazine groups is 1. The second-order valence-electron chi connectivity index (χ2n) is 3.42. The van der Waals surface area contributed by atoms with Gasteiger partial charge in [0.25, 0.3) is 5.91 Å². The number of aromatic nitrogens is 1. The van der Waals surface area contributed by atoms with E-state index in [1.54, 1.807) is 30.7 Å². The van der Waals surface area contributed by atoms with Crippen LogP contribution >= 0.6 is 12.2 Å². The molecule has 1 amide bonds. The number of H-pyrrole nitrogens is 1. The molecule has 4 N–H and O–H groups in total. The molecule has 7 heteroatoms. The number of aromatic amines is 1. The zero-order valence-electron chi connectivity index (χ0n) is 9.40. The molecule has 2 rings (SSSR count). The van der Waals surface area contributed by atoms with E-state index in [4.69, 9.17) is 16.6 Å². The minimum Gasteiger partial charge on any atom is -0.467 e. The van der Waals surface area contributed by atoms with Crippen molar-refractivity contribution in [1.82, 2.24) is 21.2 Å². The number of amides is 1. The number of thiocarbonyl (C=S) groups is 1. The van der Waals surface area contributed by atoms with Gasteiger partial charge in [-0.3, -0.25) is 15.6 Å². The molecule has 2 aromatic rings. The summed E-state index contributed by atoms with van der Waals surface area (Å²) in [6.07, 6.45) is 3.25. The first-order chi connectivity index (χ1) is 8.75. The Hall–Kier alpha value is -2.28. The summed E-state index contributed by atoms with van der Waals surface area (Å²) in [7, 11) is 0. The van der Waals surface area contributed by atoms with Crippen LogP contribution in [0.5, 0.6) is 0 Å². The highest BCUT2D eigenvalue weighted by atomic mass is 32.1. The number of hydrogen-bond acceptors (Lipinski definition) is 3. The molecule has 0 aromatic carbocycles. The third-order valence-electron chi connectivity index (χ3n) is 2.14. The SMILES string of the molecule is O=C(NNC(=S)NCc1ccco1)c1ccc[nH]1. The topological polar surface area (TPSA) is 82.1 Å². The average molecular weight is 264 g/mol. The summed E-state index contributed by atoms with van der Waals surface area (Å²) < 4.78 is 5.13. The molecule has 0 bridgehead atoms. The lowest BCUT2D eigenvalue weighted by Crippen LogP contribution is -2.46. The minimum atomic E-state index is -0.290. The van der Waals surface area contributed by atoms with Crippen molar-refractivity contribution in [2.45, 2.75) is 6.54 Å². The van der Waals surface area contributed by atoms with Crippen LogP contribution in [-0.2, 0) is 6.54 Å². The lowest BCUT2D eigenvalue weighted by Gasteiger charge is -2.09. The fraction of sp³-hybridized carbons (Fsp3) is 0.0909. The monoisotopic (exact) mass is 264 g/mol. The molecule has 6 nitrogen and oxygen atoms in total. The second kappa shape index (κ2) is 5.87. The molecule has 0 spiro atoms. The van der Waals surface area contributed by atoms with E-state index in [0.29, 0.717) is 17.4 Å². The van der Waals surface area contributed by atoms with E-state index in [2.05, 4.69) is 21.2 Å². The number of furan rings is 1. The Morgan fingerprint density at radius 3 is 2.89 bits per heavy atom. The molecule has 0 aliphatic heterocycles. The summed E-state index contributed by atoms with van der Waals surface area (Å²) in [6.45, 7) is 0.456. The maximum atomic E-state index is 11.5. The van der Waals surface area contributed by atoms with Crippen LogP contribution in [0.25, 0.3) is 0 Å². The van der Waals surface area contributed by atoms with Gasteiger partial charge in [-0.1, -0.05) is 0 Å². The van der Waals surface area contributed by atoms with Crippen molar-refractivity contribution >= 4 is 23.2 Å². The summed E-state index contributed by atoms with van der Waals surface area (Å²) in [4.78, 5) is 14.3. The van der Waals surface area contributed by atoms with E-state index in [1.807, 2.05) is 6.07 Å². The summed E-state index contributed by atoms with van der Waals surface area (Å²) in [5.74, 6) is 0.469. The lowest BCUT2D eigenvalue weighted by molar-refractivity contribution is 0.0939. The van der Waals surface area contributed by atoms with E-state index >= 15 is 0 Å². The summed E-state index contributed by atoms with van der Waals surface area (Å²) in [6, 6.07) is 7.02. The predicted molar refractivity (Wildman–Crippen MR) is 69.5 cm³/mol. The van der Waals surface area contributed by atoms with Crippen LogP contribution in [0.1, 0.15) is 16.2 Å². The molecule has 0 unspecified atom stereocenters. The molecular weight excluding hydrogens is 252 g/mol. The van der Waals surface area contributed by atoms with Crippen molar-refractivity contribution in [1.29, 1.82) is 0 Å². The van der Waals surface area contributed by atoms with Gasteiger partial charge < -0.3 is 14.7 Å². The summed E-state index contributed by atoms with van der Waals surface area (Å²) >= 11 is 4.99. The molecule has 94 valence electrons. The first kappa shape index (κ1) is 12.2. The highest BCUT2D eigenvalue weighted by molar-refractivity contribution is 7.80. The van der Waals surface area contributed by atoms with Crippen molar-refractivity contribution in [2.24, 2.45) is 0 Å². The molecule has 0 fully saturated rings. The third kappa shape index (κ3) is 3.36. The van der Waals surface area contributed by atoms with Gasteiger partial charge in [0, 0.05) is 6.20 Å². The highest BCUT2D eigenvalue weighted by Crippen LogP contribution is 1.98. The summed E-state index contributed by atoms with van der Waals surface area (Å²) in [5, 5.41) is 3.20. The predicted octanol–water partition coefficient (Wildman–Crippen LogP) is 0.917. The Balaban J connectivity index is 1.70. The normalized spacial score (nSPS) is 9.78. The van der Waals surface area contributed by atoms with Gasteiger partial charge in [0.15, 0.2) is 5.11 Å². The van der Waals surface area contributed by atoms with Gasteiger partial charge in [-0.05, 0) is 36.5 Å². The molecule has 0 atom stereocenters. The van der Waals surface area contributed by atoms with Crippen LogP contribution in [0.2, 0.25) is 0 Å². The standard InChI is InChI=1S/C11H12N4O2S/c16-10(9-4-1-5-12-9)14-15-11(18)13-7-8-3-2-6-17-8/h1-6,12H,7H2,(H,14,16)(H2,13,15,18). The maximum Gasteiger partial charge on any atom is 0.286 e. The molecule has 0 aliphatic carbocycles. The molecule has 0 aliphatic rings. The van der Waals surface area contributed by atoms with E-state index in [-0.39, 0.29) is 5.91 Å². The Morgan fingerprint density at radius 1 is 1.33 bits per heavy atom. The van der Waals surface area contributed by atoms with Gasteiger partial charge in [0.05, 0.1) is 12.8 Å². The maximum absolute atomic E-state index is 11.5. The zero-order valence-corrected chi connectivity index (χ0v) is 10.2. The molecule has 18 heavy (non-hydrogen) atoms. The van der Waals surface area contributed by atoms with Gasteiger partial charge in [-0.15, -0.1) is 0 Å². The van der Waals surface area contributed by atoms with Gasteiger partial charge >= 0.3 is 0 Å². The largest absolute Gasteiger partial charge is 0.467 e. The van der Waals surface area contributed by atoms with Crippen molar-refractivity contribution in [2.75, 3.05) is 0 Å². The molecule has 0 radical (unpaired) electrons. The number of carbonyl (C=O) groups excluding carboxylic acids is 1. The van der Waals surface area contributed by atoms with Crippen LogP contribution in [0.4, 0.5) is 0 Å². The van der Waals surface area contributed by atoms with Crippen LogP contribution in [0, 0.1) is 0 Å². The molecule has 0 saturated heterocycles. The van der Waals surface area contributed by atoms with E-state index in [0.717, 1.165) is 5.76 Å². The molecule has 2 heterocycles. The Morgan fingerprint density at radius 2 is 2.22 bits per heavy atom. The first-order valence-electron chi connectivity index (χ1n) is 5.25. The quantitative estimate of drug-likeness (QED) is 0.489. The Kier molecular flexibility index (Phi) is 3.98. The van der Waals surface area contributed by atoms with Gasteiger partial charge in [0.2, 0.25) is 0 Å². The highest BCUT2D eigenvalue weighted by Gasteiger charge is 2.05. The Labute approximate surface area is 109 Å². The van der Waals surface area contributed by atoms with Crippen LogP contribution in [0.15, 0.2) is 41.1 Å². The molecule has 0 saturated carbocycles. The van der Waals surface area contributed by atoms with Gasteiger partial charge in [-0.25, -0.2) is 0 Å². The summed E-state index contributed by atoms with van der Waals surface area (Å²) in [5.41, 5.74) is 5.51. The average Bonchev–Trinajstić information content (AvgIpc) is 3.05. The number of rotatable bonds is 3. The second-order valence-corrected chi connectivity index (χ2v) is 3.83. The van der Waals surface area contributed by atoms with Crippen LogP contribution < -0.4 is 16.2 Å². The van der Waals surface area contributed by atoms with Crippen molar-refractivity contribution in [3.63, 3.8) is 0 Å². The number of nitrogens with one attached hydrogen (secondary N) is 4. The molecular formula is C11H12N4O2S. The van der Waals surface area contributed by atoms with Crippen molar-refractivity contribution < 1.29 is 9.21 Å². The van der Waals surface area contributed by atoms with E-state index < -0.39 is 0 Å². The Bertz CT molecular complexity index is 507. The van der Waals surface area contributed by atoms with Gasteiger partial charge in [-0.2, -0.15) is 0 Å². The lowest BCUT2D eigenvalue weighted by atomic mass is 10.4. The van der Waals surface area contributed by atoms with Crippen molar-refractivity contribution in [3.05, 3.63) is 48.2 Å². The van der Waals surface area contributed by atoms with E-state index in [9.17, 15) is 4.79 Å². The van der Waals surface area contributed by atoms with Crippen LogP contribution in [-0.4, -0.2) is 16.0 Å². The van der Waals surface area contributed by atoms with Crippen LogP contribution in [0.3, 0.4) is 0 Å².